The Labute approximate surface area is 179 Å². The lowest BCUT2D eigenvalue weighted by Crippen LogP contribution is -2.38. The number of nitrogens with zero attached hydrogens (tertiary/aromatic N) is 2. The van der Waals surface area contributed by atoms with E-state index in [-0.39, 0.29) is 6.03 Å². The predicted octanol–water partition coefficient (Wildman–Crippen LogP) is 5.64. The first-order valence-corrected chi connectivity index (χ1v) is 11.4. The standard InChI is InChI=1S/C21H27N3O3S2/c1-14-7-6-10-16(11-14)24(13-15-8-4-5-9-15)20(27)23-19-22-12-17(28-19)29-21(2,3)18(25)26/h6-7,10-12,15H,4-5,8-9,13H2,1-3H3,(H,25,26)(H,22,23,27). The number of anilines is 2. The van der Waals surface area contributed by atoms with E-state index in [1.165, 1.54) is 35.9 Å². The zero-order valence-corrected chi connectivity index (χ0v) is 18.6. The van der Waals surface area contributed by atoms with Gasteiger partial charge in [0.2, 0.25) is 0 Å². The summed E-state index contributed by atoms with van der Waals surface area (Å²) in [6.07, 6.45) is 6.36. The minimum absolute atomic E-state index is 0.203. The van der Waals surface area contributed by atoms with Crippen LogP contribution in [-0.4, -0.2) is 33.4 Å². The van der Waals surface area contributed by atoms with Crippen molar-refractivity contribution >= 4 is 45.9 Å². The highest BCUT2D eigenvalue weighted by Gasteiger charge is 2.30. The molecule has 8 heteroatoms. The lowest BCUT2D eigenvalue weighted by Gasteiger charge is -2.26. The Balaban J connectivity index is 1.73. The molecule has 1 heterocycles. The van der Waals surface area contributed by atoms with Crippen LogP contribution in [0.1, 0.15) is 45.1 Å². The van der Waals surface area contributed by atoms with Gasteiger partial charge >= 0.3 is 12.0 Å². The molecule has 1 saturated carbocycles. The molecule has 29 heavy (non-hydrogen) atoms. The Morgan fingerprint density at radius 3 is 2.72 bits per heavy atom. The van der Waals surface area contributed by atoms with Crippen LogP contribution in [0.2, 0.25) is 0 Å². The van der Waals surface area contributed by atoms with Gasteiger partial charge in [-0.1, -0.05) is 48.1 Å². The Morgan fingerprint density at radius 2 is 2.07 bits per heavy atom. The molecule has 1 fully saturated rings. The number of thiazole rings is 1. The largest absolute Gasteiger partial charge is 0.480 e. The molecule has 156 valence electrons. The number of amides is 2. The molecule has 0 radical (unpaired) electrons. The van der Waals surface area contributed by atoms with Crippen molar-refractivity contribution in [1.82, 2.24) is 4.98 Å². The van der Waals surface area contributed by atoms with E-state index in [1.54, 1.807) is 24.9 Å². The number of aliphatic carboxylic acids is 1. The fourth-order valence-corrected chi connectivity index (χ4v) is 5.63. The summed E-state index contributed by atoms with van der Waals surface area (Å²) in [6.45, 7) is 6.01. The minimum Gasteiger partial charge on any atom is -0.480 e. The summed E-state index contributed by atoms with van der Waals surface area (Å²) in [5.41, 5.74) is 1.99. The van der Waals surface area contributed by atoms with Crippen molar-refractivity contribution in [3.05, 3.63) is 36.0 Å². The summed E-state index contributed by atoms with van der Waals surface area (Å²) in [6, 6.07) is 7.76. The second-order valence-corrected chi connectivity index (χ2v) is 10.9. The van der Waals surface area contributed by atoms with Gasteiger partial charge in [-0.25, -0.2) is 9.78 Å². The summed E-state index contributed by atoms with van der Waals surface area (Å²) in [5, 5.41) is 12.7. The van der Waals surface area contributed by atoms with E-state index in [9.17, 15) is 14.7 Å². The first kappa shape index (κ1) is 21.6. The number of nitrogens with one attached hydrogen (secondary N) is 1. The SMILES string of the molecule is Cc1cccc(N(CC2CCCC2)C(=O)Nc2ncc(SC(C)(C)C(=O)O)s2)c1. The lowest BCUT2D eigenvalue weighted by molar-refractivity contribution is -0.138. The van der Waals surface area contributed by atoms with Crippen molar-refractivity contribution in [3.8, 4) is 0 Å². The van der Waals surface area contributed by atoms with Crippen LogP contribution in [0.5, 0.6) is 0 Å². The van der Waals surface area contributed by atoms with Gasteiger partial charge in [0.05, 0.1) is 10.4 Å². The molecule has 1 aromatic carbocycles. The monoisotopic (exact) mass is 433 g/mol. The molecule has 1 aliphatic carbocycles. The number of carboxylic acids is 1. The molecule has 0 bridgehead atoms. The third kappa shape index (κ3) is 5.73. The molecule has 2 N–H and O–H groups in total. The summed E-state index contributed by atoms with van der Waals surface area (Å²) < 4.78 is -0.199. The second-order valence-electron chi connectivity index (χ2n) is 7.93. The normalized spacial score (nSPS) is 14.7. The summed E-state index contributed by atoms with van der Waals surface area (Å²) in [4.78, 5) is 30.5. The van der Waals surface area contributed by atoms with E-state index in [1.807, 2.05) is 31.2 Å². The van der Waals surface area contributed by atoms with Crippen LogP contribution >= 0.6 is 23.1 Å². The van der Waals surface area contributed by atoms with Crippen molar-refractivity contribution in [1.29, 1.82) is 0 Å². The lowest BCUT2D eigenvalue weighted by atomic mass is 10.1. The Kier molecular flexibility index (Phi) is 6.85. The zero-order chi connectivity index (χ0) is 21.0. The number of urea groups is 1. The molecular formula is C21H27N3O3S2. The Morgan fingerprint density at radius 1 is 1.34 bits per heavy atom. The summed E-state index contributed by atoms with van der Waals surface area (Å²) in [7, 11) is 0. The first-order chi connectivity index (χ1) is 13.7. The number of aryl methyl sites for hydroxylation is 1. The van der Waals surface area contributed by atoms with Crippen LogP contribution in [0.25, 0.3) is 0 Å². The van der Waals surface area contributed by atoms with E-state index in [0.717, 1.165) is 28.3 Å². The van der Waals surface area contributed by atoms with Crippen molar-refractivity contribution in [2.24, 2.45) is 5.92 Å². The highest BCUT2D eigenvalue weighted by Crippen LogP contribution is 2.37. The summed E-state index contributed by atoms with van der Waals surface area (Å²) in [5.74, 6) is -0.372. The second kappa shape index (κ2) is 9.17. The molecule has 0 atom stereocenters. The molecule has 2 aromatic rings. The smallest absolute Gasteiger partial charge is 0.328 e. The van der Waals surface area contributed by atoms with Gasteiger partial charge in [-0.15, -0.1) is 0 Å². The fourth-order valence-electron chi connectivity index (χ4n) is 3.37. The van der Waals surface area contributed by atoms with E-state index in [2.05, 4.69) is 10.3 Å². The van der Waals surface area contributed by atoms with Crippen molar-refractivity contribution in [3.63, 3.8) is 0 Å². The number of thioether (sulfide) groups is 1. The Bertz CT molecular complexity index is 876. The first-order valence-electron chi connectivity index (χ1n) is 9.78. The fraction of sp³-hybridized carbons (Fsp3) is 0.476. The number of carbonyl (C=O) groups is 2. The maximum absolute atomic E-state index is 13.1. The zero-order valence-electron chi connectivity index (χ0n) is 17.0. The highest BCUT2D eigenvalue weighted by molar-refractivity contribution is 8.03. The summed E-state index contributed by atoms with van der Waals surface area (Å²) >= 11 is 2.52. The van der Waals surface area contributed by atoms with Gasteiger partial charge in [0.25, 0.3) is 0 Å². The highest BCUT2D eigenvalue weighted by atomic mass is 32.2. The molecule has 0 aliphatic heterocycles. The number of carboxylic acid groups (broad SMARTS) is 1. The molecule has 0 saturated heterocycles. The molecule has 3 rings (SSSR count). The maximum Gasteiger partial charge on any atom is 0.328 e. The molecular weight excluding hydrogens is 406 g/mol. The number of rotatable bonds is 7. The Hall–Kier alpha value is -2.06. The van der Waals surface area contributed by atoms with Crippen molar-refractivity contribution in [2.75, 3.05) is 16.8 Å². The van der Waals surface area contributed by atoms with Crippen LogP contribution in [-0.2, 0) is 4.79 Å². The van der Waals surface area contributed by atoms with E-state index in [4.69, 9.17) is 0 Å². The third-order valence-electron chi connectivity index (χ3n) is 5.04. The van der Waals surface area contributed by atoms with Crippen LogP contribution in [0.3, 0.4) is 0 Å². The van der Waals surface area contributed by atoms with Crippen molar-refractivity contribution in [2.45, 2.75) is 55.4 Å². The maximum atomic E-state index is 13.1. The predicted molar refractivity (Wildman–Crippen MR) is 119 cm³/mol. The average molecular weight is 434 g/mol. The van der Waals surface area contributed by atoms with Gasteiger partial charge in [-0.2, -0.15) is 0 Å². The number of hydrogen-bond donors (Lipinski definition) is 2. The van der Waals surface area contributed by atoms with Gasteiger partial charge in [-0.3, -0.25) is 15.0 Å². The van der Waals surface area contributed by atoms with Gasteiger partial charge < -0.3 is 5.11 Å². The van der Waals surface area contributed by atoms with Gasteiger partial charge in [0, 0.05) is 12.2 Å². The van der Waals surface area contributed by atoms with Crippen LogP contribution in [0.15, 0.2) is 34.7 Å². The molecule has 0 unspecified atom stereocenters. The molecule has 1 aromatic heterocycles. The molecule has 6 nitrogen and oxygen atoms in total. The van der Waals surface area contributed by atoms with Gasteiger partial charge in [0.15, 0.2) is 5.13 Å². The van der Waals surface area contributed by atoms with Crippen molar-refractivity contribution < 1.29 is 14.7 Å². The third-order valence-corrected chi connectivity index (χ3v) is 7.24. The molecule has 1 aliphatic rings. The molecule has 2 amide bonds. The number of aromatic nitrogens is 1. The van der Waals surface area contributed by atoms with Crippen LogP contribution in [0, 0.1) is 12.8 Å². The number of benzene rings is 1. The van der Waals surface area contributed by atoms with Crippen LogP contribution in [0.4, 0.5) is 15.6 Å². The van der Waals surface area contributed by atoms with Crippen LogP contribution < -0.4 is 10.2 Å². The molecule has 0 spiro atoms. The van der Waals surface area contributed by atoms with E-state index < -0.39 is 10.7 Å². The quantitative estimate of drug-likeness (QED) is 0.553. The topological polar surface area (TPSA) is 82.5 Å². The van der Waals surface area contributed by atoms with Gasteiger partial charge in [0.1, 0.15) is 4.75 Å². The average Bonchev–Trinajstić information content (AvgIpc) is 3.31. The van der Waals surface area contributed by atoms with E-state index in [0.29, 0.717) is 17.6 Å². The number of hydrogen-bond acceptors (Lipinski definition) is 5. The minimum atomic E-state index is -0.954. The number of carbonyl (C=O) groups excluding carboxylic acids is 1. The van der Waals surface area contributed by atoms with E-state index >= 15 is 0 Å². The van der Waals surface area contributed by atoms with Gasteiger partial charge in [-0.05, 0) is 57.2 Å².